The standard InChI is InChI=1S/C16H23NO3/c1-2-10-17-14(16(18)19)11-20-15-9-5-7-12-6-3-4-8-13(12)15/h3-4,6,8,14-15,17H,2,5,7,9-11H2,1H3,(H,18,19). The third kappa shape index (κ3) is 3.81. The number of rotatable bonds is 7. The average molecular weight is 277 g/mol. The van der Waals surface area contributed by atoms with Crippen LogP contribution in [-0.2, 0) is 16.0 Å². The Morgan fingerprint density at radius 1 is 1.50 bits per heavy atom. The lowest BCUT2D eigenvalue weighted by Gasteiger charge is -2.27. The lowest BCUT2D eigenvalue weighted by molar-refractivity contribution is -0.142. The molecule has 1 aliphatic carbocycles. The minimum Gasteiger partial charge on any atom is -0.480 e. The van der Waals surface area contributed by atoms with Gasteiger partial charge in [-0.05, 0) is 43.4 Å². The molecule has 0 bridgehead atoms. The molecule has 0 radical (unpaired) electrons. The van der Waals surface area contributed by atoms with Gasteiger partial charge in [0, 0.05) is 0 Å². The molecule has 20 heavy (non-hydrogen) atoms. The normalized spacial score (nSPS) is 19.4. The number of aliphatic carboxylic acids is 1. The Labute approximate surface area is 120 Å². The van der Waals surface area contributed by atoms with E-state index in [4.69, 9.17) is 4.74 Å². The van der Waals surface area contributed by atoms with Crippen molar-refractivity contribution < 1.29 is 14.6 Å². The molecule has 0 spiro atoms. The van der Waals surface area contributed by atoms with Gasteiger partial charge in [0.2, 0.25) is 0 Å². The predicted octanol–water partition coefficient (Wildman–Crippen LogP) is 2.53. The fourth-order valence-electron chi connectivity index (χ4n) is 2.63. The number of hydrogen-bond donors (Lipinski definition) is 2. The SMILES string of the molecule is CCCNC(COC1CCCc2ccccc21)C(=O)O. The van der Waals surface area contributed by atoms with Crippen LogP contribution in [0, 0.1) is 0 Å². The maximum Gasteiger partial charge on any atom is 0.323 e. The molecule has 0 aromatic heterocycles. The quantitative estimate of drug-likeness (QED) is 0.804. The summed E-state index contributed by atoms with van der Waals surface area (Å²) in [5.41, 5.74) is 2.55. The highest BCUT2D eigenvalue weighted by molar-refractivity contribution is 5.73. The van der Waals surface area contributed by atoms with Crippen molar-refractivity contribution in [1.29, 1.82) is 0 Å². The van der Waals surface area contributed by atoms with Crippen LogP contribution in [0.3, 0.4) is 0 Å². The van der Waals surface area contributed by atoms with Crippen LogP contribution in [0.15, 0.2) is 24.3 Å². The summed E-state index contributed by atoms with van der Waals surface area (Å²) in [5.74, 6) is -0.845. The van der Waals surface area contributed by atoms with Crippen LogP contribution in [0.4, 0.5) is 0 Å². The third-order valence-corrected chi connectivity index (χ3v) is 3.72. The zero-order valence-corrected chi connectivity index (χ0v) is 12.0. The fraction of sp³-hybridized carbons (Fsp3) is 0.562. The van der Waals surface area contributed by atoms with E-state index in [9.17, 15) is 9.90 Å². The molecule has 0 heterocycles. The summed E-state index contributed by atoms with van der Waals surface area (Å²) in [6.07, 6.45) is 4.10. The molecule has 1 aromatic carbocycles. The first-order valence-corrected chi connectivity index (χ1v) is 7.38. The molecule has 4 nitrogen and oxygen atoms in total. The van der Waals surface area contributed by atoms with Crippen LogP contribution in [0.5, 0.6) is 0 Å². The van der Waals surface area contributed by atoms with Crippen LogP contribution in [0.1, 0.15) is 43.4 Å². The molecule has 0 fully saturated rings. The summed E-state index contributed by atoms with van der Waals surface area (Å²) in [5, 5.41) is 12.2. The zero-order valence-electron chi connectivity index (χ0n) is 12.0. The molecular weight excluding hydrogens is 254 g/mol. The largest absolute Gasteiger partial charge is 0.480 e. The van der Waals surface area contributed by atoms with Crippen molar-refractivity contribution in [3.63, 3.8) is 0 Å². The first kappa shape index (κ1) is 15.0. The van der Waals surface area contributed by atoms with Gasteiger partial charge in [0.15, 0.2) is 0 Å². The van der Waals surface area contributed by atoms with Crippen LogP contribution in [0.2, 0.25) is 0 Å². The predicted molar refractivity (Wildman–Crippen MR) is 77.8 cm³/mol. The van der Waals surface area contributed by atoms with Crippen molar-refractivity contribution in [2.24, 2.45) is 0 Å². The zero-order chi connectivity index (χ0) is 14.4. The van der Waals surface area contributed by atoms with Gasteiger partial charge in [-0.25, -0.2) is 0 Å². The molecule has 1 aromatic rings. The van der Waals surface area contributed by atoms with Crippen LogP contribution < -0.4 is 5.32 Å². The summed E-state index contributed by atoms with van der Waals surface area (Å²) in [7, 11) is 0. The van der Waals surface area contributed by atoms with Gasteiger partial charge in [-0.3, -0.25) is 4.79 Å². The van der Waals surface area contributed by atoms with Gasteiger partial charge >= 0.3 is 5.97 Å². The van der Waals surface area contributed by atoms with E-state index in [2.05, 4.69) is 17.4 Å². The van der Waals surface area contributed by atoms with E-state index in [1.807, 2.05) is 19.1 Å². The van der Waals surface area contributed by atoms with Gasteiger partial charge in [-0.2, -0.15) is 0 Å². The van der Waals surface area contributed by atoms with Crippen LogP contribution in [0.25, 0.3) is 0 Å². The van der Waals surface area contributed by atoms with Gasteiger partial charge < -0.3 is 15.2 Å². The Morgan fingerprint density at radius 2 is 2.30 bits per heavy atom. The molecule has 110 valence electrons. The number of ether oxygens (including phenoxy) is 1. The summed E-state index contributed by atoms with van der Waals surface area (Å²) in [6.45, 7) is 2.93. The van der Waals surface area contributed by atoms with E-state index in [0.717, 1.165) is 25.7 Å². The van der Waals surface area contributed by atoms with E-state index in [1.165, 1.54) is 11.1 Å². The van der Waals surface area contributed by atoms with Crippen molar-refractivity contribution in [3.05, 3.63) is 35.4 Å². The van der Waals surface area contributed by atoms with Gasteiger partial charge in [-0.15, -0.1) is 0 Å². The highest BCUT2D eigenvalue weighted by atomic mass is 16.5. The maximum atomic E-state index is 11.2. The number of carboxylic acid groups (broad SMARTS) is 1. The maximum absolute atomic E-state index is 11.2. The minimum absolute atomic E-state index is 0.0326. The molecule has 0 saturated heterocycles. The molecule has 1 aliphatic rings. The van der Waals surface area contributed by atoms with Gasteiger partial charge in [0.25, 0.3) is 0 Å². The van der Waals surface area contributed by atoms with Gasteiger partial charge in [-0.1, -0.05) is 31.2 Å². The Balaban J connectivity index is 1.95. The average Bonchev–Trinajstić information content (AvgIpc) is 2.47. The van der Waals surface area contributed by atoms with Crippen molar-refractivity contribution in [2.45, 2.75) is 44.8 Å². The van der Waals surface area contributed by atoms with Gasteiger partial charge in [0.05, 0.1) is 12.7 Å². The lowest BCUT2D eigenvalue weighted by Crippen LogP contribution is -2.41. The minimum atomic E-state index is -0.845. The topological polar surface area (TPSA) is 58.6 Å². The third-order valence-electron chi connectivity index (χ3n) is 3.72. The highest BCUT2D eigenvalue weighted by Gasteiger charge is 2.23. The number of aryl methyl sites for hydroxylation is 1. The number of carboxylic acids is 1. The first-order chi connectivity index (χ1) is 9.72. The van der Waals surface area contributed by atoms with E-state index >= 15 is 0 Å². The fourth-order valence-corrected chi connectivity index (χ4v) is 2.63. The molecular formula is C16H23NO3. The van der Waals surface area contributed by atoms with Gasteiger partial charge in [0.1, 0.15) is 6.04 Å². The monoisotopic (exact) mass is 277 g/mol. The van der Waals surface area contributed by atoms with Crippen molar-refractivity contribution in [3.8, 4) is 0 Å². The molecule has 0 aliphatic heterocycles. The van der Waals surface area contributed by atoms with E-state index in [-0.39, 0.29) is 12.7 Å². The van der Waals surface area contributed by atoms with Crippen molar-refractivity contribution in [2.75, 3.05) is 13.2 Å². The smallest absolute Gasteiger partial charge is 0.323 e. The second-order valence-corrected chi connectivity index (χ2v) is 5.26. The summed E-state index contributed by atoms with van der Waals surface area (Å²) in [6, 6.07) is 7.67. The lowest BCUT2D eigenvalue weighted by atomic mass is 9.89. The molecule has 4 heteroatoms. The highest BCUT2D eigenvalue weighted by Crippen LogP contribution is 2.32. The Hall–Kier alpha value is -1.39. The number of hydrogen-bond acceptors (Lipinski definition) is 3. The first-order valence-electron chi connectivity index (χ1n) is 7.38. The van der Waals surface area contributed by atoms with E-state index in [1.54, 1.807) is 0 Å². The molecule has 0 amide bonds. The number of fused-ring (bicyclic) bond motifs is 1. The molecule has 2 N–H and O–H groups in total. The number of benzene rings is 1. The Bertz CT molecular complexity index is 447. The second-order valence-electron chi connectivity index (χ2n) is 5.26. The van der Waals surface area contributed by atoms with Crippen molar-refractivity contribution in [1.82, 2.24) is 5.32 Å². The van der Waals surface area contributed by atoms with Crippen molar-refractivity contribution >= 4 is 5.97 Å². The van der Waals surface area contributed by atoms with E-state index in [0.29, 0.717) is 6.54 Å². The van der Waals surface area contributed by atoms with Crippen LogP contribution in [-0.4, -0.2) is 30.3 Å². The van der Waals surface area contributed by atoms with E-state index < -0.39 is 12.0 Å². The molecule has 2 unspecified atom stereocenters. The number of nitrogens with one attached hydrogen (secondary N) is 1. The summed E-state index contributed by atoms with van der Waals surface area (Å²) < 4.78 is 5.89. The molecule has 2 rings (SSSR count). The molecule has 2 atom stereocenters. The summed E-state index contributed by atoms with van der Waals surface area (Å²) in [4.78, 5) is 11.2. The summed E-state index contributed by atoms with van der Waals surface area (Å²) >= 11 is 0. The Morgan fingerprint density at radius 3 is 3.05 bits per heavy atom. The molecule has 0 saturated carbocycles. The second kappa shape index (κ2) is 7.41. The van der Waals surface area contributed by atoms with Crippen LogP contribution >= 0.6 is 0 Å². The Kier molecular flexibility index (Phi) is 5.56. The number of carbonyl (C=O) groups is 1.